The fourth-order valence-corrected chi connectivity index (χ4v) is 3.78. The molecule has 1 N–H and O–H groups in total. The predicted octanol–water partition coefficient (Wildman–Crippen LogP) is 5.66. The summed E-state index contributed by atoms with van der Waals surface area (Å²) in [7, 11) is 0. The highest BCUT2D eigenvalue weighted by Crippen LogP contribution is 2.27. The Hall–Kier alpha value is -2.24. The van der Waals surface area contributed by atoms with Crippen molar-refractivity contribution in [2.24, 2.45) is 0 Å². The molecule has 0 radical (unpaired) electrons. The summed E-state index contributed by atoms with van der Waals surface area (Å²) in [6.07, 6.45) is 2.17. The lowest BCUT2D eigenvalue weighted by molar-refractivity contribution is -0.143. The molecule has 2 atom stereocenters. The molecule has 2 rings (SSSR count). The molecule has 0 bridgehead atoms. The van der Waals surface area contributed by atoms with Gasteiger partial charge in [0, 0.05) is 28.2 Å². The fourth-order valence-electron chi connectivity index (χ4n) is 3.26. The van der Waals surface area contributed by atoms with Gasteiger partial charge in [-0.1, -0.05) is 62.2 Å². The highest BCUT2D eigenvalue weighted by atomic mass is 35.5. The second kappa shape index (κ2) is 12.7. The molecule has 2 aromatic carbocycles. The zero-order valence-corrected chi connectivity index (χ0v) is 20.7. The van der Waals surface area contributed by atoms with E-state index >= 15 is 0 Å². The number of amides is 2. The minimum absolute atomic E-state index is 0.00531. The van der Waals surface area contributed by atoms with Crippen LogP contribution < -0.4 is 10.1 Å². The average Bonchev–Trinajstić information content (AvgIpc) is 2.79. The van der Waals surface area contributed by atoms with Gasteiger partial charge in [0.05, 0.1) is 0 Å². The Labute approximate surface area is 201 Å². The van der Waals surface area contributed by atoms with Gasteiger partial charge in [0.15, 0.2) is 6.61 Å². The van der Waals surface area contributed by atoms with Crippen LogP contribution in [0.2, 0.25) is 10.0 Å². The van der Waals surface area contributed by atoms with Crippen molar-refractivity contribution in [2.75, 3.05) is 6.61 Å². The summed E-state index contributed by atoms with van der Waals surface area (Å²) in [5.74, 6) is 0.0840. The fraction of sp³-hybridized carbons (Fsp3) is 0.440. The molecule has 0 saturated heterocycles. The standard InChI is InChI=1S/C25H32Cl2N2O3/c1-5-17(4)28-25(31)23(7-3)29(15-20-21(26)9-8-10-22(20)27)24(30)16-32-19-13-11-18(6-2)12-14-19/h8-14,17,23H,5-7,15-16H2,1-4H3,(H,28,31). The lowest BCUT2D eigenvalue weighted by Gasteiger charge is -2.31. The van der Waals surface area contributed by atoms with E-state index in [0.717, 1.165) is 12.8 Å². The molecule has 0 aromatic heterocycles. The van der Waals surface area contributed by atoms with Crippen molar-refractivity contribution in [3.05, 3.63) is 63.6 Å². The van der Waals surface area contributed by atoms with Crippen LogP contribution >= 0.6 is 23.2 Å². The number of carbonyl (C=O) groups excluding carboxylic acids is 2. The van der Waals surface area contributed by atoms with E-state index in [2.05, 4.69) is 12.2 Å². The van der Waals surface area contributed by atoms with Crippen molar-refractivity contribution in [2.45, 2.75) is 65.6 Å². The van der Waals surface area contributed by atoms with E-state index in [0.29, 0.717) is 27.8 Å². The number of halogens is 2. The molecular weight excluding hydrogens is 447 g/mol. The van der Waals surface area contributed by atoms with Gasteiger partial charge >= 0.3 is 0 Å². The van der Waals surface area contributed by atoms with Crippen LogP contribution in [0.25, 0.3) is 0 Å². The van der Waals surface area contributed by atoms with Gasteiger partial charge in [0.1, 0.15) is 11.8 Å². The number of aryl methyl sites for hydroxylation is 1. The van der Waals surface area contributed by atoms with Gasteiger partial charge in [-0.3, -0.25) is 9.59 Å². The average molecular weight is 479 g/mol. The van der Waals surface area contributed by atoms with Gasteiger partial charge in [-0.2, -0.15) is 0 Å². The molecule has 0 aliphatic heterocycles. The molecule has 0 saturated carbocycles. The molecule has 2 unspecified atom stereocenters. The third-order valence-electron chi connectivity index (χ3n) is 5.47. The number of ether oxygens (including phenoxy) is 1. The predicted molar refractivity (Wildman–Crippen MR) is 130 cm³/mol. The van der Waals surface area contributed by atoms with Gasteiger partial charge < -0.3 is 15.0 Å². The summed E-state index contributed by atoms with van der Waals surface area (Å²) in [4.78, 5) is 27.7. The van der Waals surface area contributed by atoms with Crippen molar-refractivity contribution in [3.8, 4) is 5.75 Å². The van der Waals surface area contributed by atoms with E-state index in [9.17, 15) is 9.59 Å². The SMILES string of the molecule is CCc1ccc(OCC(=O)N(Cc2c(Cl)cccc2Cl)C(CC)C(=O)NC(C)CC)cc1. The molecule has 7 heteroatoms. The van der Waals surface area contributed by atoms with Gasteiger partial charge in [-0.25, -0.2) is 0 Å². The molecule has 0 heterocycles. The molecule has 0 aliphatic carbocycles. The summed E-state index contributed by atoms with van der Waals surface area (Å²) >= 11 is 12.7. The number of nitrogens with zero attached hydrogens (tertiary/aromatic N) is 1. The van der Waals surface area contributed by atoms with Crippen LogP contribution in [0.4, 0.5) is 0 Å². The molecule has 2 amide bonds. The molecule has 32 heavy (non-hydrogen) atoms. The van der Waals surface area contributed by atoms with Crippen LogP contribution in [0.1, 0.15) is 51.7 Å². The van der Waals surface area contributed by atoms with Crippen molar-refractivity contribution in [1.82, 2.24) is 10.2 Å². The van der Waals surface area contributed by atoms with Gasteiger partial charge in [-0.05, 0) is 56.0 Å². The van der Waals surface area contributed by atoms with E-state index in [4.69, 9.17) is 27.9 Å². The third-order valence-corrected chi connectivity index (χ3v) is 6.18. The van der Waals surface area contributed by atoms with E-state index in [1.807, 2.05) is 45.0 Å². The Balaban J connectivity index is 2.26. The molecule has 0 fully saturated rings. The maximum Gasteiger partial charge on any atom is 0.261 e. The summed E-state index contributed by atoms with van der Waals surface area (Å²) in [5, 5.41) is 3.87. The largest absolute Gasteiger partial charge is 0.484 e. The van der Waals surface area contributed by atoms with Crippen LogP contribution in [0.3, 0.4) is 0 Å². The minimum Gasteiger partial charge on any atom is -0.484 e. The Morgan fingerprint density at radius 2 is 1.62 bits per heavy atom. The van der Waals surface area contributed by atoms with E-state index in [-0.39, 0.29) is 31.0 Å². The summed E-state index contributed by atoms with van der Waals surface area (Å²) in [5.41, 5.74) is 1.79. The van der Waals surface area contributed by atoms with E-state index < -0.39 is 6.04 Å². The second-order valence-corrected chi connectivity index (χ2v) is 8.56. The topological polar surface area (TPSA) is 58.6 Å². The number of hydrogen-bond donors (Lipinski definition) is 1. The third kappa shape index (κ3) is 7.14. The highest BCUT2D eigenvalue weighted by Gasteiger charge is 2.30. The quantitative estimate of drug-likeness (QED) is 0.453. The maximum absolute atomic E-state index is 13.3. The van der Waals surface area contributed by atoms with Gasteiger partial charge in [0.2, 0.25) is 5.91 Å². The van der Waals surface area contributed by atoms with Gasteiger partial charge in [0.25, 0.3) is 5.91 Å². The molecule has 174 valence electrons. The van der Waals surface area contributed by atoms with E-state index in [1.54, 1.807) is 18.2 Å². The van der Waals surface area contributed by atoms with Crippen molar-refractivity contribution >= 4 is 35.0 Å². The molecule has 5 nitrogen and oxygen atoms in total. The smallest absolute Gasteiger partial charge is 0.261 e. The van der Waals surface area contributed by atoms with Crippen LogP contribution in [-0.4, -0.2) is 35.4 Å². The van der Waals surface area contributed by atoms with E-state index in [1.165, 1.54) is 10.5 Å². The first-order valence-electron chi connectivity index (χ1n) is 11.0. The zero-order valence-electron chi connectivity index (χ0n) is 19.2. The van der Waals surface area contributed by atoms with Crippen LogP contribution in [0.5, 0.6) is 5.75 Å². The molecule has 0 aliphatic rings. The number of nitrogens with one attached hydrogen (secondary N) is 1. The lowest BCUT2D eigenvalue weighted by Crippen LogP contribution is -2.51. The molecule has 0 spiro atoms. The lowest BCUT2D eigenvalue weighted by atomic mass is 10.1. The first-order chi connectivity index (χ1) is 15.3. The first-order valence-corrected chi connectivity index (χ1v) is 11.8. The van der Waals surface area contributed by atoms with Crippen LogP contribution in [0.15, 0.2) is 42.5 Å². The molecule has 2 aromatic rings. The van der Waals surface area contributed by atoms with Crippen molar-refractivity contribution in [3.63, 3.8) is 0 Å². The Morgan fingerprint density at radius 3 is 2.16 bits per heavy atom. The van der Waals surface area contributed by atoms with Gasteiger partial charge in [-0.15, -0.1) is 0 Å². The van der Waals surface area contributed by atoms with Crippen molar-refractivity contribution in [1.29, 1.82) is 0 Å². The number of rotatable bonds is 11. The Morgan fingerprint density at radius 1 is 1.00 bits per heavy atom. The number of hydrogen-bond acceptors (Lipinski definition) is 3. The Bertz CT molecular complexity index is 882. The first kappa shape index (κ1) is 26.0. The molecular formula is C25H32Cl2N2O3. The minimum atomic E-state index is -0.671. The summed E-state index contributed by atoms with van der Waals surface area (Å²) in [6.45, 7) is 7.80. The number of benzene rings is 2. The van der Waals surface area contributed by atoms with Crippen molar-refractivity contribution < 1.29 is 14.3 Å². The summed E-state index contributed by atoms with van der Waals surface area (Å²) in [6, 6.07) is 12.1. The monoisotopic (exact) mass is 478 g/mol. The zero-order chi connectivity index (χ0) is 23.7. The Kier molecular flexibility index (Phi) is 10.3. The normalized spacial score (nSPS) is 12.7. The second-order valence-electron chi connectivity index (χ2n) is 7.75. The maximum atomic E-state index is 13.3. The van der Waals surface area contributed by atoms with Crippen LogP contribution in [0, 0.1) is 0 Å². The highest BCUT2D eigenvalue weighted by molar-refractivity contribution is 6.36. The summed E-state index contributed by atoms with van der Waals surface area (Å²) < 4.78 is 5.73. The number of carbonyl (C=O) groups is 2. The van der Waals surface area contributed by atoms with Crippen LogP contribution in [-0.2, 0) is 22.6 Å².